The van der Waals surface area contributed by atoms with E-state index in [9.17, 15) is 5.11 Å². The molecule has 0 atom stereocenters. The van der Waals surface area contributed by atoms with Crippen molar-refractivity contribution >= 4 is 6.79 Å². The summed E-state index contributed by atoms with van der Waals surface area (Å²) < 4.78 is 0. The number of benzene rings is 1. The second kappa shape index (κ2) is 6.23. The number of hydrogen-bond donors (Lipinski definition) is 1. The zero-order valence-electron chi connectivity index (χ0n) is 8.16. The summed E-state index contributed by atoms with van der Waals surface area (Å²) in [4.78, 5) is 8.00. The minimum absolute atomic E-state index is 0.418. The average molecular weight is 180 g/mol. The number of carbonyl (C=O) groups is 1. The summed E-state index contributed by atoms with van der Waals surface area (Å²) in [5.74, 6) is 1.02. The smallest absolute Gasteiger partial charge is 0.118 e. The van der Waals surface area contributed by atoms with Crippen LogP contribution in [0.3, 0.4) is 0 Å². The fourth-order valence-corrected chi connectivity index (χ4v) is 1.12. The van der Waals surface area contributed by atoms with E-state index in [4.69, 9.17) is 4.79 Å². The van der Waals surface area contributed by atoms with E-state index in [1.54, 1.807) is 6.07 Å². The number of rotatable bonds is 2. The van der Waals surface area contributed by atoms with Crippen LogP contribution in [0, 0.1) is 5.92 Å². The van der Waals surface area contributed by atoms with Crippen LogP contribution in [0.1, 0.15) is 19.4 Å². The molecule has 0 aromatic heterocycles. The highest BCUT2D eigenvalue weighted by Gasteiger charge is 2.00. The third-order valence-corrected chi connectivity index (χ3v) is 1.62. The molecule has 0 amide bonds. The zero-order chi connectivity index (χ0) is 10.3. The van der Waals surface area contributed by atoms with E-state index >= 15 is 0 Å². The molecule has 0 radical (unpaired) electrons. The summed E-state index contributed by atoms with van der Waals surface area (Å²) in [6.07, 6.45) is 0.951. The van der Waals surface area contributed by atoms with Crippen LogP contribution in [0.5, 0.6) is 5.75 Å². The quantitative estimate of drug-likeness (QED) is 0.758. The molecule has 72 valence electrons. The molecule has 0 aliphatic rings. The first-order valence-electron chi connectivity index (χ1n) is 4.26. The van der Waals surface area contributed by atoms with Gasteiger partial charge in [0.25, 0.3) is 0 Å². The molecule has 1 N–H and O–H groups in total. The van der Waals surface area contributed by atoms with Crippen molar-refractivity contribution in [3.05, 3.63) is 29.8 Å². The van der Waals surface area contributed by atoms with E-state index in [-0.39, 0.29) is 0 Å². The summed E-state index contributed by atoms with van der Waals surface area (Å²) in [6, 6.07) is 7.50. The molecule has 0 saturated heterocycles. The molecule has 0 aliphatic carbocycles. The van der Waals surface area contributed by atoms with Crippen molar-refractivity contribution in [2.75, 3.05) is 0 Å². The van der Waals surface area contributed by atoms with E-state index in [0.29, 0.717) is 11.7 Å². The number of phenols is 1. The predicted molar refractivity (Wildman–Crippen MR) is 53.8 cm³/mol. The fourth-order valence-electron chi connectivity index (χ4n) is 1.12. The molecular weight excluding hydrogens is 164 g/mol. The second-order valence-corrected chi connectivity index (χ2v) is 3.23. The number of hydrogen-bond acceptors (Lipinski definition) is 2. The van der Waals surface area contributed by atoms with Gasteiger partial charge in [-0.15, -0.1) is 0 Å². The number of para-hydroxylation sites is 1. The molecule has 13 heavy (non-hydrogen) atoms. The molecule has 0 spiro atoms. The van der Waals surface area contributed by atoms with Gasteiger partial charge in [0.15, 0.2) is 0 Å². The standard InChI is InChI=1S/C10H14O.CH2O/c1-8(2)7-9-5-3-4-6-10(9)11;1-2/h3-6,8,11H,7H2,1-2H3;1H2. The Morgan fingerprint density at radius 2 is 1.85 bits per heavy atom. The van der Waals surface area contributed by atoms with Gasteiger partial charge in [-0.05, 0) is 24.0 Å². The van der Waals surface area contributed by atoms with Crippen molar-refractivity contribution in [2.24, 2.45) is 5.92 Å². The summed E-state index contributed by atoms with van der Waals surface area (Å²) in [6.45, 7) is 6.29. The van der Waals surface area contributed by atoms with Gasteiger partial charge in [0.1, 0.15) is 12.5 Å². The first-order chi connectivity index (χ1) is 6.20. The van der Waals surface area contributed by atoms with Crippen molar-refractivity contribution in [2.45, 2.75) is 20.3 Å². The van der Waals surface area contributed by atoms with Crippen LogP contribution in [-0.2, 0) is 11.2 Å². The Balaban J connectivity index is 0.000000671. The lowest BCUT2D eigenvalue weighted by atomic mass is 10.0. The minimum Gasteiger partial charge on any atom is -0.508 e. The lowest BCUT2D eigenvalue weighted by Gasteiger charge is -2.05. The van der Waals surface area contributed by atoms with Crippen molar-refractivity contribution < 1.29 is 9.90 Å². The van der Waals surface area contributed by atoms with Crippen LogP contribution in [-0.4, -0.2) is 11.9 Å². The van der Waals surface area contributed by atoms with Crippen molar-refractivity contribution in [3.63, 3.8) is 0 Å². The van der Waals surface area contributed by atoms with Crippen molar-refractivity contribution in [3.8, 4) is 5.75 Å². The van der Waals surface area contributed by atoms with Gasteiger partial charge in [-0.2, -0.15) is 0 Å². The van der Waals surface area contributed by atoms with E-state index in [2.05, 4.69) is 13.8 Å². The first kappa shape index (κ1) is 11.7. The Hall–Kier alpha value is -1.31. The SMILES string of the molecule is C=O.CC(C)Cc1ccccc1O. The maximum Gasteiger partial charge on any atom is 0.118 e. The Bertz CT molecular complexity index is 244. The highest BCUT2D eigenvalue weighted by Crippen LogP contribution is 2.18. The monoisotopic (exact) mass is 180 g/mol. The van der Waals surface area contributed by atoms with E-state index in [1.165, 1.54) is 0 Å². The summed E-state index contributed by atoms with van der Waals surface area (Å²) >= 11 is 0. The highest BCUT2D eigenvalue weighted by molar-refractivity contribution is 5.31. The molecule has 1 aromatic rings. The van der Waals surface area contributed by atoms with Gasteiger partial charge in [-0.3, -0.25) is 0 Å². The molecule has 0 fully saturated rings. The van der Waals surface area contributed by atoms with Gasteiger partial charge in [0.2, 0.25) is 0 Å². The molecule has 0 aliphatic heterocycles. The Morgan fingerprint density at radius 3 is 2.31 bits per heavy atom. The lowest BCUT2D eigenvalue weighted by Crippen LogP contribution is -1.93. The second-order valence-electron chi connectivity index (χ2n) is 3.23. The molecule has 0 heterocycles. The maximum absolute atomic E-state index is 9.36. The molecule has 1 aromatic carbocycles. The topological polar surface area (TPSA) is 37.3 Å². The Labute approximate surface area is 79.2 Å². The summed E-state index contributed by atoms with van der Waals surface area (Å²) in [7, 11) is 0. The van der Waals surface area contributed by atoms with Gasteiger partial charge < -0.3 is 9.90 Å². The van der Waals surface area contributed by atoms with Crippen LogP contribution < -0.4 is 0 Å². The van der Waals surface area contributed by atoms with E-state index < -0.39 is 0 Å². The van der Waals surface area contributed by atoms with Gasteiger partial charge >= 0.3 is 0 Å². The molecule has 2 heteroatoms. The van der Waals surface area contributed by atoms with Gasteiger partial charge in [0.05, 0.1) is 0 Å². The van der Waals surface area contributed by atoms with Crippen LogP contribution >= 0.6 is 0 Å². The summed E-state index contributed by atoms with van der Waals surface area (Å²) in [5.41, 5.74) is 1.04. The molecule has 0 saturated carbocycles. The molecule has 2 nitrogen and oxygen atoms in total. The number of phenolic OH excluding ortho intramolecular Hbond substituents is 1. The third kappa shape index (κ3) is 4.31. The van der Waals surface area contributed by atoms with Crippen molar-refractivity contribution in [1.29, 1.82) is 0 Å². The van der Waals surface area contributed by atoms with Crippen LogP contribution in [0.25, 0.3) is 0 Å². The van der Waals surface area contributed by atoms with E-state index in [1.807, 2.05) is 25.0 Å². The third-order valence-electron chi connectivity index (χ3n) is 1.62. The average Bonchev–Trinajstić information content (AvgIpc) is 2.12. The minimum atomic E-state index is 0.418. The van der Waals surface area contributed by atoms with Gasteiger partial charge in [0, 0.05) is 0 Å². The van der Waals surface area contributed by atoms with E-state index in [0.717, 1.165) is 12.0 Å². The number of carbonyl (C=O) groups excluding carboxylic acids is 1. The Kier molecular flexibility index (Phi) is 5.60. The largest absolute Gasteiger partial charge is 0.508 e. The lowest BCUT2D eigenvalue weighted by molar-refractivity contribution is -0.0979. The van der Waals surface area contributed by atoms with Gasteiger partial charge in [-0.1, -0.05) is 32.0 Å². The summed E-state index contributed by atoms with van der Waals surface area (Å²) in [5, 5.41) is 9.36. The van der Waals surface area contributed by atoms with Crippen LogP contribution in [0.15, 0.2) is 24.3 Å². The van der Waals surface area contributed by atoms with Gasteiger partial charge in [-0.25, -0.2) is 0 Å². The molecule has 1 rings (SSSR count). The van der Waals surface area contributed by atoms with Crippen LogP contribution in [0.2, 0.25) is 0 Å². The highest BCUT2D eigenvalue weighted by atomic mass is 16.3. The maximum atomic E-state index is 9.36. The normalized spacial score (nSPS) is 9.15. The van der Waals surface area contributed by atoms with Crippen LogP contribution in [0.4, 0.5) is 0 Å². The Morgan fingerprint density at radius 1 is 1.31 bits per heavy atom. The zero-order valence-corrected chi connectivity index (χ0v) is 8.16. The predicted octanol–water partition coefficient (Wildman–Crippen LogP) is 2.41. The fraction of sp³-hybridized carbons (Fsp3) is 0.364. The van der Waals surface area contributed by atoms with Crippen molar-refractivity contribution in [1.82, 2.24) is 0 Å². The molecule has 0 unspecified atom stereocenters. The molecule has 0 bridgehead atoms. The molecular formula is C11H16O2. The number of aromatic hydroxyl groups is 1. The first-order valence-corrected chi connectivity index (χ1v) is 4.26.